The van der Waals surface area contributed by atoms with Crippen molar-refractivity contribution < 1.29 is 0 Å². The number of halogens is 1. The first-order valence-electron chi connectivity index (χ1n) is 8.78. The average Bonchev–Trinajstić information content (AvgIpc) is 2.92. The molecule has 0 aliphatic rings. The molecule has 0 fully saturated rings. The molecule has 1 aromatic carbocycles. The molecule has 0 saturated heterocycles. The highest BCUT2D eigenvalue weighted by Gasteiger charge is 2.17. The van der Waals surface area contributed by atoms with E-state index in [4.69, 9.17) is 11.6 Å². The van der Waals surface area contributed by atoms with Crippen LogP contribution in [0.15, 0.2) is 27.8 Å². The number of nitrogens with one attached hydrogen (secondary N) is 2. The molecule has 0 saturated carbocycles. The molecule has 0 bridgehead atoms. The predicted molar refractivity (Wildman–Crippen MR) is 105 cm³/mol. The van der Waals surface area contributed by atoms with Crippen molar-refractivity contribution in [2.24, 2.45) is 5.92 Å². The van der Waals surface area contributed by atoms with Gasteiger partial charge in [0.1, 0.15) is 5.82 Å². The zero-order valence-corrected chi connectivity index (χ0v) is 16.5. The summed E-state index contributed by atoms with van der Waals surface area (Å²) >= 11 is 6.08. The number of aromatic amines is 2. The summed E-state index contributed by atoms with van der Waals surface area (Å²) in [5.74, 6) is 1.75. The van der Waals surface area contributed by atoms with Crippen molar-refractivity contribution in [3.63, 3.8) is 0 Å². The molecule has 0 atom stereocenters. The minimum atomic E-state index is -0.517. The lowest BCUT2D eigenvalue weighted by Gasteiger charge is -2.10. The van der Waals surface area contributed by atoms with Crippen LogP contribution in [0.2, 0.25) is 5.02 Å². The molecule has 7 nitrogen and oxygen atoms in total. The number of aromatic nitrogens is 5. The fourth-order valence-corrected chi connectivity index (χ4v) is 3.23. The third-order valence-corrected chi connectivity index (χ3v) is 4.52. The SMILES string of the molecule is Cc1cc(Cl)ccc1-n1nc(CC(C)C)nc1Cc1c(C)[nH]c(=O)[nH]c1=O. The number of H-pyrrole nitrogens is 2. The molecule has 27 heavy (non-hydrogen) atoms. The van der Waals surface area contributed by atoms with Gasteiger partial charge in [0, 0.05) is 29.1 Å². The molecule has 3 rings (SSSR count). The van der Waals surface area contributed by atoms with Crippen molar-refractivity contribution in [1.82, 2.24) is 24.7 Å². The molecular weight excluding hydrogens is 366 g/mol. The van der Waals surface area contributed by atoms with Crippen LogP contribution in [-0.2, 0) is 12.8 Å². The van der Waals surface area contributed by atoms with E-state index in [2.05, 4.69) is 33.9 Å². The quantitative estimate of drug-likeness (QED) is 0.703. The van der Waals surface area contributed by atoms with Gasteiger partial charge in [0.15, 0.2) is 5.82 Å². The van der Waals surface area contributed by atoms with E-state index in [1.165, 1.54) is 0 Å². The summed E-state index contributed by atoms with van der Waals surface area (Å²) in [6, 6.07) is 5.55. The van der Waals surface area contributed by atoms with Crippen molar-refractivity contribution in [3.05, 3.63) is 72.5 Å². The zero-order chi connectivity index (χ0) is 19.7. The van der Waals surface area contributed by atoms with Crippen molar-refractivity contribution in [1.29, 1.82) is 0 Å². The normalized spacial score (nSPS) is 11.3. The monoisotopic (exact) mass is 387 g/mol. The summed E-state index contributed by atoms with van der Waals surface area (Å²) in [6.45, 7) is 7.86. The molecule has 0 amide bonds. The Bertz CT molecular complexity index is 1090. The Balaban J connectivity index is 2.12. The van der Waals surface area contributed by atoms with Crippen LogP contribution in [0.4, 0.5) is 0 Å². The second-order valence-corrected chi connectivity index (χ2v) is 7.51. The summed E-state index contributed by atoms with van der Waals surface area (Å²) in [5, 5.41) is 5.31. The van der Waals surface area contributed by atoms with Crippen LogP contribution in [0, 0.1) is 19.8 Å². The lowest BCUT2D eigenvalue weighted by Crippen LogP contribution is -2.27. The smallest absolute Gasteiger partial charge is 0.311 e. The van der Waals surface area contributed by atoms with Gasteiger partial charge in [-0.05, 0) is 43.5 Å². The van der Waals surface area contributed by atoms with Gasteiger partial charge in [0.05, 0.1) is 5.69 Å². The average molecular weight is 388 g/mol. The van der Waals surface area contributed by atoms with Gasteiger partial charge < -0.3 is 4.98 Å². The Hall–Kier alpha value is -2.67. The van der Waals surface area contributed by atoms with Crippen LogP contribution in [0.25, 0.3) is 5.69 Å². The summed E-state index contributed by atoms with van der Waals surface area (Å²) in [6.07, 6.45) is 0.985. The van der Waals surface area contributed by atoms with Gasteiger partial charge >= 0.3 is 5.69 Å². The standard InChI is InChI=1S/C19H22ClN5O2/c1-10(2)7-16-22-17(9-14-12(4)21-19(27)23-18(14)26)25(24-16)15-6-5-13(20)8-11(15)3/h5-6,8,10H,7,9H2,1-4H3,(H2,21,23,26,27). The van der Waals surface area contributed by atoms with Gasteiger partial charge in [-0.25, -0.2) is 14.5 Å². The molecule has 8 heteroatoms. The molecule has 3 aromatic rings. The molecule has 2 aromatic heterocycles. The fraction of sp³-hybridized carbons (Fsp3) is 0.368. The summed E-state index contributed by atoms with van der Waals surface area (Å²) in [4.78, 5) is 33.3. The fourth-order valence-electron chi connectivity index (χ4n) is 3.00. The Kier molecular flexibility index (Phi) is 5.32. The van der Waals surface area contributed by atoms with Crippen LogP contribution in [-0.4, -0.2) is 24.7 Å². The second kappa shape index (κ2) is 7.52. The number of rotatable bonds is 5. The number of hydrogen-bond donors (Lipinski definition) is 2. The molecule has 2 heterocycles. The Morgan fingerprint density at radius 2 is 1.93 bits per heavy atom. The lowest BCUT2D eigenvalue weighted by molar-refractivity contribution is 0.618. The van der Waals surface area contributed by atoms with E-state index >= 15 is 0 Å². The van der Waals surface area contributed by atoms with E-state index in [0.29, 0.717) is 33.8 Å². The largest absolute Gasteiger partial charge is 0.325 e. The van der Waals surface area contributed by atoms with E-state index in [1.807, 2.05) is 19.1 Å². The molecular formula is C19H22ClN5O2. The number of nitrogens with zero attached hydrogens (tertiary/aromatic N) is 3. The molecule has 0 unspecified atom stereocenters. The molecule has 0 spiro atoms. The van der Waals surface area contributed by atoms with Gasteiger partial charge in [-0.15, -0.1) is 0 Å². The van der Waals surface area contributed by atoms with Gasteiger partial charge in [0.2, 0.25) is 0 Å². The maximum Gasteiger partial charge on any atom is 0.325 e. The van der Waals surface area contributed by atoms with E-state index in [-0.39, 0.29) is 6.42 Å². The molecule has 0 radical (unpaired) electrons. The maximum atomic E-state index is 12.3. The van der Waals surface area contributed by atoms with Crippen molar-refractivity contribution in [3.8, 4) is 5.69 Å². The Labute approximate surface area is 161 Å². The predicted octanol–water partition coefficient (Wildman–Crippen LogP) is 2.70. The van der Waals surface area contributed by atoms with Gasteiger partial charge in [0.25, 0.3) is 5.56 Å². The minimum absolute atomic E-state index is 0.255. The number of aryl methyl sites for hydroxylation is 2. The van der Waals surface area contributed by atoms with E-state index in [0.717, 1.165) is 17.7 Å². The number of benzene rings is 1. The van der Waals surface area contributed by atoms with Crippen molar-refractivity contribution >= 4 is 11.6 Å². The highest BCUT2D eigenvalue weighted by atomic mass is 35.5. The van der Waals surface area contributed by atoms with Gasteiger partial charge in [-0.1, -0.05) is 25.4 Å². The first-order valence-corrected chi connectivity index (χ1v) is 9.15. The first-order chi connectivity index (χ1) is 12.7. The lowest BCUT2D eigenvalue weighted by atomic mass is 10.1. The zero-order valence-electron chi connectivity index (χ0n) is 15.8. The van der Waals surface area contributed by atoms with Crippen LogP contribution in [0.5, 0.6) is 0 Å². The van der Waals surface area contributed by atoms with E-state index in [1.54, 1.807) is 17.7 Å². The maximum absolute atomic E-state index is 12.3. The second-order valence-electron chi connectivity index (χ2n) is 7.07. The highest BCUT2D eigenvalue weighted by molar-refractivity contribution is 6.30. The summed E-state index contributed by atoms with van der Waals surface area (Å²) in [5.41, 5.74) is 1.87. The van der Waals surface area contributed by atoms with E-state index < -0.39 is 11.2 Å². The first kappa shape index (κ1) is 19.1. The van der Waals surface area contributed by atoms with Crippen LogP contribution < -0.4 is 11.2 Å². The van der Waals surface area contributed by atoms with E-state index in [9.17, 15) is 9.59 Å². The number of hydrogen-bond acceptors (Lipinski definition) is 4. The summed E-state index contributed by atoms with van der Waals surface area (Å²) in [7, 11) is 0. The Morgan fingerprint density at radius 1 is 1.19 bits per heavy atom. The molecule has 0 aliphatic carbocycles. The van der Waals surface area contributed by atoms with Gasteiger partial charge in [-0.3, -0.25) is 9.78 Å². The highest BCUT2D eigenvalue weighted by Crippen LogP contribution is 2.21. The van der Waals surface area contributed by atoms with Gasteiger partial charge in [-0.2, -0.15) is 5.10 Å². The molecule has 2 N–H and O–H groups in total. The molecule has 0 aliphatic heterocycles. The van der Waals surface area contributed by atoms with Crippen LogP contribution in [0.1, 0.15) is 42.3 Å². The third kappa shape index (κ3) is 4.19. The van der Waals surface area contributed by atoms with Crippen molar-refractivity contribution in [2.75, 3.05) is 0 Å². The molecule has 142 valence electrons. The van der Waals surface area contributed by atoms with Crippen LogP contribution >= 0.6 is 11.6 Å². The summed E-state index contributed by atoms with van der Waals surface area (Å²) < 4.78 is 1.76. The minimum Gasteiger partial charge on any atom is -0.311 e. The Morgan fingerprint density at radius 3 is 2.56 bits per heavy atom. The van der Waals surface area contributed by atoms with Crippen LogP contribution in [0.3, 0.4) is 0 Å². The third-order valence-electron chi connectivity index (χ3n) is 4.29. The topological polar surface area (TPSA) is 96.4 Å². The van der Waals surface area contributed by atoms with Crippen molar-refractivity contribution in [2.45, 2.75) is 40.5 Å².